The van der Waals surface area contributed by atoms with Crippen molar-refractivity contribution in [3.8, 4) is 0 Å². The molecule has 1 aliphatic carbocycles. The zero-order chi connectivity index (χ0) is 20.7. The summed E-state index contributed by atoms with van der Waals surface area (Å²) in [5.41, 5.74) is 6.74. The Hall–Kier alpha value is -1.80. The Balaban J connectivity index is 2.31. The van der Waals surface area contributed by atoms with E-state index in [-0.39, 0.29) is 24.7 Å². The summed E-state index contributed by atoms with van der Waals surface area (Å²) in [4.78, 5) is 14.6. The van der Waals surface area contributed by atoms with Gasteiger partial charge in [0.1, 0.15) is 0 Å². The van der Waals surface area contributed by atoms with E-state index in [4.69, 9.17) is 16.3 Å². The molecule has 0 aromatic heterocycles. The minimum absolute atomic E-state index is 0.0782. The summed E-state index contributed by atoms with van der Waals surface area (Å²) in [7, 11) is 0. The number of halogens is 1. The lowest BCUT2D eigenvalue weighted by Gasteiger charge is -2.30. The molecule has 0 radical (unpaired) electrons. The Kier molecular flexibility index (Phi) is 8.57. The number of aryl methyl sites for hydroxylation is 1. The predicted molar refractivity (Wildman–Crippen MR) is 117 cm³/mol. The van der Waals surface area contributed by atoms with Gasteiger partial charge in [0.2, 0.25) is 0 Å². The highest BCUT2D eigenvalue weighted by Crippen LogP contribution is 2.26. The van der Waals surface area contributed by atoms with Crippen LogP contribution in [0.15, 0.2) is 41.6 Å². The summed E-state index contributed by atoms with van der Waals surface area (Å²) in [6.07, 6.45) is 6.50. The van der Waals surface area contributed by atoms with Crippen LogP contribution in [0.4, 0.5) is 0 Å². The molecule has 2 rings (SSSR count). The lowest BCUT2D eigenvalue weighted by Crippen LogP contribution is -2.39. The van der Waals surface area contributed by atoms with Crippen LogP contribution in [0.5, 0.6) is 0 Å². The summed E-state index contributed by atoms with van der Waals surface area (Å²) in [5, 5.41) is 0.749. The molecule has 0 bridgehead atoms. The van der Waals surface area contributed by atoms with Crippen molar-refractivity contribution in [2.24, 2.45) is 5.92 Å². The Morgan fingerprint density at radius 2 is 2.21 bits per heavy atom. The number of rotatable bonds is 8. The third kappa shape index (κ3) is 6.67. The highest BCUT2D eigenvalue weighted by molar-refractivity contribution is 6.29. The first kappa shape index (κ1) is 22.5. The van der Waals surface area contributed by atoms with Gasteiger partial charge >= 0.3 is 5.97 Å². The third-order valence-corrected chi connectivity index (χ3v) is 5.25. The van der Waals surface area contributed by atoms with Gasteiger partial charge < -0.3 is 4.74 Å². The molecule has 0 heterocycles. The fraction of sp³-hybridized carbons (Fsp3) is 0.500. The molecule has 2 unspecified atom stereocenters. The van der Waals surface area contributed by atoms with Crippen molar-refractivity contribution in [2.45, 2.75) is 65.6 Å². The molecule has 28 heavy (non-hydrogen) atoms. The molecule has 1 aromatic carbocycles. The molecular formula is C24H32ClNO2. The number of hydrogen-bond acceptors (Lipinski definition) is 3. The van der Waals surface area contributed by atoms with Crippen molar-refractivity contribution >= 4 is 23.6 Å². The van der Waals surface area contributed by atoms with Gasteiger partial charge in [-0.15, -0.1) is 5.73 Å². The number of benzene rings is 1. The summed E-state index contributed by atoms with van der Waals surface area (Å²) in [5.74, 6) is 0.217. The van der Waals surface area contributed by atoms with E-state index >= 15 is 0 Å². The maximum Gasteiger partial charge on any atom is 0.320 e. The van der Waals surface area contributed by atoms with E-state index in [0.717, 1.165) is 35.4 Å². The quantitative estimate of drug-likeness (QED) is 0.412. The second-order valence-corrected chi connectivity index (χ2v) is 8.32. The predicted octanol–water partition coefficient (Wildman–Crippen LogP) is 5.72. The molecule has 152 valence electrons. The summed E-state index contributed by atoms with van der Waals surface area (Å²) >= 11 is 6.25. The van der Waals surface area contributed by atoms with Gasteiger partial charge in [0.05, 0.1) is 17.7 Å². The summed E-state index contributed by atoms with van der Waals surface area (Å²) in [6.45, 7) is 12.9. The average Bonchev–Trinajstić information content (AvgIpc) is 2.80. The summed E-state index contributed by atoms with van der Waals surface area (Å²) < 4.78 is 5.42. The Morgan fingerprint density at radius 1 is 1.46 bits per heavy atom. The summed E-state index contributed by atoms with van der Waals surface area (Å²) in [6, 6.07) is 6.54. The molecule has 0 spiro atoms. The van der Waals surface area contributed by atoms with Crippen LogP contribution in [0.1, 0.15) is 57.2 Å². The fourth-order valence-electron chi connectivity index (χ4n) is 3.54. The van der Waals surface area contributed by atoms with E-state index in [1.807, 2.05) is 26.0 Å². The Labute approximate surface area is 174 Å². The first-order valence-corrected chi connectivity index (χ1v) is 10.5. The van der Waals surface area contributed by atoms with Crippen LogP contribution in [-0.2, 0) is 22.5 Å². The van der Waals surface area contributed by atoms with Crippen molar-refractivity contribution < 1.29 is 9.53 Å². The van der Waals surface area contributed by atoms with Crippen molar-refractivity contribution in [3.05, 3.63) is 58.3 Å². The van der Waals surface area contributed by atoms with Crippen LogP contribution >= 0.6 is 11.6 Å². The molecule has 0 saturated carbocycles. The number of hydrogen-bond donors (Lipinski definition) is 0. The average molecular weight is 402 g/mol. The molecular weight excluding hydrogens is 370 g/mol. The molecule has 0 amide bonds. The van der Waals surface area contributed by atoms with Gasteiger partial charge in [-0.05, 0) is 61.8 Å². The molecule has 4 heteroatoms. The smallest absolute Gasteiger partial charge is 0.320 e. The molecule has 1 aliphatic rings. The monoisotopic (exact) mass is 401 g/mol. The van der Waals surface area contributed by atoms with Crippen LogP contribution in [0.3, 0.4) is 0 Å². The maximum absolute atomic E-state index is 12.4. The van der Waals surface area contributed by atoms with E-state index in [2.05, 4.69) is 49.3 Å². The lowest BCUT2D eigenvalue weighted by molar-refractivity contribution is -0.149. The number of nitrogens with zero attached hydrogens (tertiary/aromatic N) is 1. The van der Waals surface area contributed by atoms with Crippen LogP contribution in [0.25, 0.3) is 6.08 Å². The highest BCUT2D eigenvalue weighted by Gasteiger charge is 2.25. The van der Waals surface area contributed by atoms with Gasteiger partial charge in [-0.25, -0.2) is 0 Å². The van der Waals surface area contributed by atoms with E-state index in [1.165, 1.54) is 5.56 Å². The first-order valence-electron chi connectivity index (χ1n) is 10.1. The number of ether oxygens (including phenoxy) is 1. The van der Waals surface area contributed by atoms with E-state index in [1.54, 1.807) is 0 Å². The SMILES string of the molecule is C=Cc1cc(CC)ccc1CN(CC(=O)OC(C)C)C1C=C=C(Cl)CC(C)C1. The van der Waals surface area contributed by atoms with E-state index in [0.29, 0.717) is 12.5 Å². The van der Waals surface area contributed by atoms with Gasteiger partial charge in [-0.1, -0.05) is 56.3 Å². The Morgan fingerprint density at radius 3 is 2.86 bits per heavy atom. The molecule has 1 aromatic rings. The lowest BCUT2D eigenvalue weighted by atomic mass is 9.97. The van der Waals surface area contributed by atoms with Crippen molar-refractivity contribution in [1.82, 2.24) is 4.90 Å². The van der Waals surface area contributed by atoms with Crippen LogP contribution in [0, 0.1) is 5.92 Å². The van der Waals surface area contributed by atoms with Gasteiger partial charge in [-0.2, -0.15) is 0 Å². The van der Waals surface area contributed by atoms with Crippen molar-refractivity contribution in [2.75, 3.05) is 6.54 Å². The molecule has 0 saturated heterocycles. The molecule has 2 atom stereocenters. The largest absolute Gasteiger partial charge is 0.462 e. The van der Waals surface area contributed by atoms with E-state index in [9.17, 15) is 4.79 Å². The second kappa shape index (κ2) is 10.7. The molecule has 0 N–H and O–H groups in total. The third-order valence-electron chi connectivity index (χ3n) is 4.98. The van der Waals surface area contributed by atoms with Crippen molar-refractivity contribution in [1.29, 1.82) is 0 Å². The zero-order valence-corrected chi connectivity index (χ0v) is 18.3. The number of carbonyl (C=O) groups excluding carboxylic acids is 1. The van der Waals surface area contributed by atoms with E-state index < -0.39 is 0 Å². The topological polar surface area (TPSA) is 29.5 Å². The van der Waals surface area contributed by atoms with Crippen molar-refractivity contribution in [3.63, 3.8) is 0 Å². The fourth-order valence-corrected chi connectivity index (χ4v) is 3.87. The van der Waals surface area contributed by atoms with Crippen LogP contribution in [0.2, 0.25) is 0 Å². The molecule has 0 fully saturated rings. The van der Waals surface area contributed by atoms with Gasteiger partial charge in [0, 0.05) is 12.6 Å². The van der Waals surface area contributed by atoms with Gasteiger partial charge in [-0.3, -0.25) is 9.69 Å². The minimum atomic E-state index is -0.208. The maximum atomic E-state index is 12.4. The number of carbonyl (C=O) groups is 1. The van der Waals surface area contributed by atoms with Gasteiger partial charge in [0.25, 0.3) is 0 Å². The Bertz CT molecular complexity index is 762. The normalized spacial score (nSPS) is 19.5. The standard InChI is InChI=1S/C24H32ClNO2/c1-6-19-8-9-21(20(7-2)14-19)15-26(16-24(27)28-17(3)4)23-11-10-22(25)12-18(5)13-23/h7-9,11,14,17-18,23H,2,6,12-13,15-16H2,1,3-5H3. The number of esters is 1. The highest BCUT2D eigenvalue weighted by atomic mass is 35.5. The van der Waals surface area contributed by atoms with Gasteiger partial charge in [0.15, 0.2) is 0 Å². The minimum Gasteiger partial charge on any atom is -0.462 e. The molecule has 0 aliphatic heterocycles. The van der Waals surface area contributed by atoms with Crippen LogP contribution in [-0.4, -0.2) is 29.6 Å². The first-order chi connectivity index (χ1) is 13.3. The van der Waals surface area contributed by atoms with Crippen LogP contribution < -0.4 is 0 Å². The second-order valence-electron chi connectivity index (χ2n) is 7.86. The zero-order valence-electron chi connectivity index (χ0n) is 17.5. The molecule has 3 nitrogen and oxygen atoms in total.